The zero-order valence-corrected chi connectivity index (χ0v) is 19.9. The minimum Gasteiger partial charge on any atom is -0.494 e. The highest BCUT2D eigenvalue weighted by atomic mass is 16.5. The number of carbonyl (C=O) groups excluding carboxylic acids is 1. The molecule has 1 amide bonds. The second kappa shape index (κ2) is 9.40. The highest BCUT2D eigenvalue weighted by Gasteiger charge is 2.42. The van der Waals surface area contributed by atoms with Crippen LogP contribution < -0.4 is 10.2 Å². The monoisotopic (exact) mass is 449 g/mol. The first kappa shape index (κ1) is 23.1. The number of aryl methyl sites for hydroxylation is 2. The second-order valence-electron chi connectivity index (χ2n) is 8.79. The highest BCUT2D eigenvalue weighted by molar-refractivity contribution is 5.99. The third kappa shape index (κ3) is 4.40. The molecular formula is C27H31NO5. The molecule has 6 heteroatoms. The fraction of sp³-hybridized carbons (Fsp3) is 0.407. The molecule has 0 bridgehead atoms. The van der Waals surface area contributed by atoms with Crippen molar-refractivity contribution in [3.8, 4) is 5.75 Å². The molecule has 0 spiro atoms. The lowest BCUT2D eigenvalue weighted by molar-refractivity contribution is 0.0593. The van der Waals surface area contributed by atoms with Gasteiger partial charge < -0.3 is 18.8 Å². The summed E-state index contributed by atoms with van der Waals surface area (Å²) in [6, 6.07) is 10.8. The van der Waals surface area contributed by atoms with Crippen molar-refractivity contribution in [1.29, 1.82) is 0 Å². The molecule has 0 fully saturated rings. The molecule has 1 atom stereocenters. The van der Waals surface area contributed by atoms with Gasteiger partial charge in [0.15, 0.2) is 5.43 Å². The quantitative estimate of drug-likeness (QED) is 0.444. The largest absolute Gasteiger partial charge is 0.494 e. The maximum absolute atomic E-state index is 13.7. The molecule has 1 aromatic heterocycles. The molecule has 174 valence electrons. The zero-order valence-electron chi connectivity index (χ0n) is 19.9. The van der Waals surface area contributed by atoms with Gasteiger partial charge >= 0.3 is 0 Å². The van der Waals surface area contributed by atoms with Crippen molar-refractivity contribution in [2.75, 3.05) is 19.8 Å². The van der Waals surface area contributed by atoms with Gasteiger partial charge in [0.05, 0.1) is 29.7 Å². The average molecular weight is 450 g/mol. The summed E-state index contributed by atoms with van der Waals surface area (Å²) in [5.41, 5.74) is 3.54. The van der Waals surface area contributed by atoms with Gasteiger partial charge in [-0.25, -0.2) is 0 Å². The maximum atomic E-state index is 13.7. The lowest BCUT2D eigenvalue weighted by atomic mass is 9.97. The van der Waals surface area contributed by atoms with Crippen molar-refractivity contribution in [2.24, 2.45) is 0 Å². The van der Waals surface area contributed by atoms with E-state index in [0.717, 1.165) is 16.7 Å². The van der Waals surface area contributed by atoms with E-state index in [1.54, 1.807) is 4.90 Å². The Morgan fingerprint density at radius 2 is 1.85 bits per heavy atom. The lowest BCUT2D eigenvalue weighted by Gasteiger charge is -2.25. The van der Waals surface area contributed by atoms with Gasteiger partial charge in [-0.05, 0) is 82.0 Å². The Morgan fingerprint density at radius 1 is 1.09 bits per heavy atom. The number of benzene rings is 2. The number of carbonyl (C=O) groups is 1. The molecule has 1 unspecified atom stereocenters. The van der Waals surface area contributed by atoms with Crippen LogP contribution in [-0.4, -0.2) is 36.7 Å². The molecule has 2 heterocycles. The Morgan fingerprint density at radius 3 is 2.58 bits per heavy atom. The summed E-state index contributed by atoms with van der Waals surface area (Å²) in [5.74, 6) is 0.571. The molecule has 33 heavy (non-hydrogen) atoms. The zero-order chi connectivity index (χ0) is 23.7. The van der Waals surface area contributed by atoms with Crippen LogP contribution in [0.3, 0.4) is 0 Å². The Bertz CT molecular complexity index is 1240. The van der Waals surface area contributed by atoms with Gasteiger partial charge in [-0.3, -0.25) is 9.59 Å². The predicted molar refractivity (Wildman–Crippen MR) is 128 cm³/mol. The molecule has 1 aliphatic heterocycles. The Labute approximate surface area is 194 Å². The summed E-state index contributed by atoms with van der Waals surface area (Å²) >= 11 is 0. The molecule has 4 rings (SSSR count). The molecular weight excluding hydrogens is 418 g/mol. The number of rotatable bonds is 8. The summed E-state index contributed by atoms with van der Waals surface area (Å²) in [6.45, 7) is 11.3. The van der Waals surface area contributed by atoms with Crippen LogP contribution in [0.15, 0.2) is 45.6 Å². The van der Waals surface area contributed by atoms with Gasteiger partial charge in [-0.1, -0.05) is 12.1 Å². The third-order valence-electron chi connectivity index (χ3n) is 6.06. The number of hydrogen-bond acceptors (Lipinski definition) is 5. The van der Waals surface area contributed by atoms with Gasteiger partial charge in [0.2, 0.25) is 5.76 Å². The minimum atomic E-state index is -0.533. The van der Waals surface area contributed by atoms with Crippen LogP contribution in [0.5, 0.6) is 5.75 Å². The molecule has 2 aromatic carbocycles. The van der Waals surface area contributed by atoms with E-state index in [4.69, 9.17) is 13.9 Å². The van der Waals surface area contributed by atoms with Crippen molar-refractivity contribution in [3.05, 3.63) is 74.6 Å². The van der Waals surface area contributed by atoms with Gasteiger partial charge in [0.25, 0.3) is 5.91 Å². The van der Waals surface area contributed by atoms with Crippen LogP contribution in [0, 0.1) is 13.8 Å². The van der Waals surface area contributed by atoms with E-state index in [2.05, 4.69) is 0 Å². The van der Waals surface area contributed by atoms with E-state index in [1.165, 1.54) is 0 Å². The van der Waals surface area contributed by atoms with Crippen LogP contribution in [0.4, 0.5) is 0 Å². The molecule has 0 saturated carbocycles. The van der Waals surface area contributed by atoms with Crippen LogP contribution in [0.25, 0.3) is 11.0 Å². The summed E-state index contributed by atoms with van der Waals surface area (Å²) in [4.78, 5) is 28.9. The molecule has 1 aliphatic rings. The number of hydrogen-bond donors (Lipinski definition) is 0. The second-order valence-corrected chi connectivity index (χ2v) is 8.79. The van der Waals surface area contributed by atoms with Gasteiger partial charge in [0.1, 0.15) is 11.3 Å². The molecule has 0 N–H and O–H groups in total. The molecule has 0 aliphatic carbocycles. The van der Waals surface area contributed by atoms with E-state index in [1.807, 2.05) is 71.0 Å². The number of fused-ring (bicyclic) bond motifs is 2. The fourth-order valence-electron chi connectivity index (χ4n) is 4.35. The van der Waals surface area contributed by atoms with Crippen LogP contribution in [-0.2, 0) is 4.74 Å². The average Bonchev–Trinajstić information content (AvgIpc) is 3.05. The molecule has 0 saturated heterocycles. The molecule has 3 aromatic rings. The van der Waals surface area contributed by atoms with E-state index in [9.17, 15) is 9.59 Å². The van der Waals surface area contributed by atoms with Crippen molar-refractivity contribution in [2.45, 2.75) is 53.2 Å². The topological polar surface area (TPSA) is 69.0 Å². The highest BCUT2D eigenvalue weighted by Crippen LogP contribution is 2.39. The standard InChI is InChI=1S/C27H31NO5/c1-6-31-20-10-7-9-19(15-20)24-23-25(29)21-13-17(4)18(5)14-22(21)33-26(23)27(30)28(24)11-8-12-32-16(2)3/h7,9-10,13-16,24H,6,8,11-12H2,1-5H3. The fourth-order valence-corrected chi connectivity index (χ4v) is 4.35. The SMILES string of the molecule is CCOc1cccc(C2c3c(oc4cc(C)c(C)cc4c3=O)C(=O)N2CCCOC(C)C)c1. The van der Waals surface area contributed by atoms with E-state index in [-0.39, 0.29) is 23.2 Å². The summed E-state index contributed by atoms with van der Waals surface area (Å²) in [6.07, 6.45) is 0.779. The molecule has 0 radical (unpaired) electrons. The predicted octanol–water partition coefficient (Wildman–Crippen LogP) is 5.17. The first-order valence-electron chi connectivity index (χ1n) is 11.5. The van der Waals surface area contributed by atoms with Crippen LogP contribution >= 0.6 is 0 Å². The summed E-state index contributed by atoms with van der Waals surface area (Å²) < 4.78 is 17.4. The minimum absolute atomic E-state index is 0.121. The van der Waals surface area contributed by atoms with Gasteiger partial charge in [0, 0.05) is 13.2 Å². The van der Waals surface area contributed by atoms with E-state index < -0.39 is 6.04 Å². The number of ether oxygens (including phenoxy) is 2. The van der Waals surface area contributed by atoms with Crippen molar-refractivity contribution in [3.63, 3.8) is 0 Å². The Kier molecular flexibility index (Phi) is 6.56. The van der Waals surface area contributed by atoms with E-state index in [0.29, 0.717) is 48.5 Å². The summed E-state index contributed by atoms with van der Waals surface area (Å²) in [7, 11) is 0. The smallest absolute Gasteiger partial charge is 0.290 e. The molecule has 6 nitrogen and oxygen atoms in total. The van der Waals surface area contributed by atoms with Crippen molar-refractivity contribution < 1.29 is 18.7 Å². The first-order chi connectivity index (χ1) is 15.8. The maximum Gasteiger partial charge on any atom is 0.290 e. The van der Waals surface area contributed by atoms with Crippen molar-refractivity contribution in [1.82, 2.24) is 4.90 Å². The van der Waals surface area contributed by atoms with Crippen LogP contribution in [0.1, 0.15) is 66.0 Å². The van der Waals surface area contributed by atoms with Gasteiger partial charge in [-0.2, -0.15) is 0 Å². The summed E-state index contributed by atoms with van der Waals surface area (Å²) in [5, 5.41) is 0.501. The third-order valence-corrected chi connectivity index (χ3v) is 6.06. The Balaban J connectivity index is 1.84. The van der Waals surface area contributed by atoms with Crippen molar-refractivity contribution >= 4 is 16.9 Å². The number of nitrogens with zero attached hydrogens (tertiary/aromatic N) is 1. The normalized spacial score (nSPS) is 15.5. The number of amides is 1. The van der Waals surface area contributed by atoms with Crippen LogP contribution in [0.2, 0.25) is 0 Å². The lowest BCUT2D eigenvalue weighted by Crippen LogP contribution is -2.31. The van der Waals surface area contributed by atoms with Gasteiger partial charge in [-0.15, -0.1) is 0 Å². The Hall–Kier alpha value is -3.12. The first-order valence-corrected chi connectivity index (χ1v) is 11.5. The van der Waals surface area contributed by atoms with E-state index >= 15 is 0 Å².